The first-order valence-electron chi connectivity index (χ1n) is 8.26. The number of fused-ring (bicyclic) bond motifs is 1. The van der Waals surface area contributed by atoms with Gasteiger partial charge in [0, 0.05) is 19.5 Å². The second-order valence-electron chi connectivity index (χ2n) is 5.73. The van der Waals surface area contributed by atoms with E-state index in [-0.39, 0.29) is 17.6 Å². The number of carbonyl (C=O) groups is 2. The molecule has 0 bridgehead atoms. The van der Waals surface area contributed by atoms with E-state index in [0.29, 0.717) is 13.0 Å². The Bertz CT molecular complexity index is 796. The van der Waals surface area contributed by atoms with Crippen LogP contribution < -0.4 is 5.32 Å². The zero-order valence-corrected chi connectivity index (χ0v) is 16.2. The molecule has 1 aliphatic heterocycles. The monoisotopic (exact) mass is 392 g/mol. The molecular formula is C17H20N4O3S2. The zero-order chi connectivity index (χ0) is 18.5. The lowest BCUT2D eigenvalue weighted by atomic mass is 9.94. The number of esters is 1. The summed E-state index contributed by atoms with van der Waals surface area (Å²) < 4.78 is 5.63. The predicted molar refractivity (Wildman–Crippen MR) is 101 cm³/mol. The van der Waals surface area contributed by atoms with Crippen LogP contribution in [0.3, 0.4) is 0 Å². The Morgan fingerprint density at radius 1 is 1.35 bits per heavy atom. The van der Waals surface area contributed by atoms with Crippen molar-refractivity contribution in [3.63, 3.8) is 0 Å². The molecule has 0 spiro atoms. The highest BCUT2D eigenvalue weighted by molar-refractivity contribution is 8.01. The Morgan fingerprint density at radius 3 is 2.85 bits per heavy atom. The number of benzene rings is 1. The molecule has 0 radical (unpaired) electrons. The van der Waals surface area contributed by atoms with Crippen molar-refractivity contribution in [2.75, 3.05) is 24.7 Å². The Balaban J connectivity index is 1.70. The van der Waals surface area contributed by atoms with Crippen LogP contribution in [0.25, 0.3) is 0 Å². The summed E-state index contributed by atoms with van der Waals surface area (Å²) in [5.74, 6) is -0.292. The van der Waals surface area contributed by atoms with E-state index in [1.165, 1.54) is 30.2 Å². The minimum Gasteiger partial charge on any atom is -0.467 e. The summed E-state index contributed by atoms with van der Waals surface area (Å²) in [7, 11) is 1.35. The Kier molecular flexibility index (Phi) is 6.10. The number of aromatic nitrogens is 2. The van der Waals surface area contributed by atoms with E-state index in [1.807, 2.05) is 31.2 Å². The second kappa shape index (κ2) is 8.50. The van der Waals surface area contributed by atoms with Crippen LogP contribution in [0.5, 0.6) is 0 Å². The first kappa shape index (κ1) is 18.7. The fourth-order valence-corrected chi connectivity index (χ4v) is 4.53. The minimum atomic E-state index is -0.588. The smallest absolute Gasteiger partial charge is 0.328 e. The van der Waals surface area contributed by atoms with E-state index in [9.17, 15) is 9.59 Å². The predicted octanol–water partition coefficient (Wildman–Crippen LogP) is 2.19. The maximum atomic E-state index is 12.8. The number of nitrogens with one attached hydrogen (secondary N) is 1. The van der Waals surface area contributed by atoms with Crippen LogP contribution in [-0.2, 0) is 27.3 Å². The number of hydrogen-bond donors (Lipinski definition) is 1. The van der Waals surface area contributed by atoms with Gasteiger partial charge in [0.2, 0.25) is 11.0 Å². The largest absolute Gasteiger partial charge is 0.467 e. The van der Waals surface area contributed by atoms with Crippen LogP contribution in [0, 0.1) is 0 Å². The molecule has 0 aliphatic carbocycles. The highest BCUT2D eigenvalue weighted by Gasteiger charge is 2.35. The third-order valence-electron chi connectivity index (χ3n) is 4.10. The van der Waals surface area contributed by atoms with E-state index in [1.54, 1.807) is 4.90 Å². The fourth-order valence-electron chi connectivity index (χ4n) is 2.83. The summed E-state index contributed by atoms with van der Waals surface area (Å²) in [5, 5.41) is 11.9. The summed E-state index contributed by atoms with van der Waals surface area (Å²) >= 11 is 2.75. The van der Waals surface area contributed by atoms with Gasteiger partial charge in [-0.05, 0) is 18.1 Å². The van der Waals surface area contributed by atoms with E-state index >= 15 is 0 Å². The van der Waals surface area contributed by atoms with Crippen molar-refractivity contribution in [3.05, 3.63) is 35.4 Å². The number of amides is 1. The summed E-state index contributed by atoms with van der Waals surface area (Å²) in [5.41, 5.74) is 2.15. The Labute approximate surface area is 160 Å². The van der Waals surface area contributed by atoms with Crippen LogP contribution in [0.15, 0.2) is 28.6 Å². The summed E-state index contributed by atoms with van der Waals surface area (Å²) in [6.07, 6.45) is 0.475. The first-order chi connectivity index (χ1) is 12.6. The van der Waals surface area contributed by atoms with Crippen molar-refractivity contribution in [2.24, 2.45) is 0 Å². The van der Waals surface area contributed by atoms with Gasteiger partial charge in [0.05, 0.1) is 12.9 Å². The maximum Gasteiger partial charge on any atom is 0.328 e. The second-order valence-corrected chi connectivity index (χ2v) is 7.93. The molecule has 0 fully saturated rings. The van der Waals surface area contributed by atoms with Crippen molar-refractivity contribution in [3.8, 4) is 0 Å². The zero-order valence-electron chi connectivity index (χ0n) is 14.6. The maximum absolute atomic E-state index is 12.8. The number of nitrogens with zero attached hydrogens (tertiary/aromatic N) is 3. The fraction of sp³-hybridized carbons (Fsp3) is 0.412. The number of hydrogen-bond acceptors (Lipinski definition) is 8. The van der Waals surface area contributed by atoms with E-state index in [2.05, 4.69) is 15.5 Å². The van der Waals surface area contributed by atoms with Gasteiger partial charge < -0.3 is 15.0 Å². The molecule has 0 unspecified atom stereocenters. The number of anilines is 1. The molecular weight excluding hydrogens is 372 g/mol. The van der Waals surface area contributed by atoms with Crippen LogP contribution >= 0.6 is 23.1 Å². The molecule has 0 saturated heterocycles. The van der Waals surface area contributed by atoms with E-state index in [4.69, 9.17) is 4.74 Å². The van der Waals surface area contributed by atoms with Gasteiger partial charge in [-0.25, -0.2) is 4.79 Å². The van der Waals surface area contributed by atoms with E-state index in [0.717, 1.165) is 27.1 Å². The molecule has 1 atom stereocenters. The van der Waals surface area contributed by atoms with Gasteiger partial charge in [0.1, 0.15) is 6.04 Å². The molecule has 9 heteroatoms. The van der Waals surface area contributed by atoms with Gasteiger partial charge >= 0.3 is 5.97 Å². The molecule has 138 valence electrons. The molecule has 7 nitrogen and oxygen atoms in total. The number of carbonyl (C=O) groups excluding carboxylic acids is 2. The number of rotatable bonds is 6. The average molecular weight is 393 g/mol. The minimum absolute atomic E-state index is 0.111. The molecule has 2 heterocycles. The highest BCUT2D eigenvalue weighted by Crippen LogP contribution is 2.28. The first-order valence-corrected chi connectivity index (χ1v) is 10.1. The summed E-state index contributed by atoms with van der Waals surface area (Å²) in [4.78, 5) is 26.6. The number of thioether (sulfide) groups is 1. The lowest BCUT2D eigenvalue weighted by Crippen LogP contribution is -2.49. The Morgan fingerprint density at radius 2 is 2.12 bits per heavy atom. The van der Waals surface area contributed by atoms with Crippen LogP contribution in [-0.4, -0.2) is 52.4 Å². The Hall–Kier alpha value is -2.13. The van der Waals surface area contributed by atoms with Gasteiger partial charge in [-0.2, -0.15) is 0 Å². The molecule has 1 aromatic heterocycles. The lowest BCUT2D eigenvalue weighted by molar-refractivity contribution is -0.153. The molecule has 1 N–H and O–H groups in total. The molecule has 26 heavy (non-hydrogen) atoms. The van der Waals surface area contributed by atoms with Crippen molar-refractivity contribution in [1.29, 1.82) is 0 Å². The topological polar surface area (TPSA) is 84.4 Å². The van der Waals surface area contributed by atoms with Gasteiger partial charge in [-0.1, -0.05) is 47.4 Å². The van der Waals surface area contributed by atoms with Crippen LogP contribution in [0.1, 0.15) is 18.1 Å². The highest BCUT2D eigenvalue weighted by atomic mass is 32.2. The average Bonchev–Trinajstić information content (AvgIpc) is 3.12. The van der Waals surface area contributed by atoms with Crippen molar-refractivity contribution in [1.82, 2.24) is 15.1 Å². The molecule has 1 amide bonds. The third kappa shape index (κ3) is 4.16. The number of methoxy groups -OCH3 is 1. The summed E-state index contributed by atoms with van der Waals surface area (Å²) in [6, 6.07) is 7.28. The lowest BCUT2D eigenvalue weighted by Gasteiger charge is -2.35. The molecule has 3 rings (SSSR count). The van der Waals surface area contributed by atoms with Crippen molar-refractivity contribution < 1.29 is 14.3 Å². The van der Waals surface area contributed by atoms with Gasteiger partial charge in [-0.3, -0.25) is 4.79 Å². The van der Waals surface area contributed by atoms with Gasteiger partial charge in [0.15, 0.2) is 4.34 Å². The number of ether oxygens (including phenoxy) is 1. The normalized spacial score (nSPS) is 16.1. The molecule has 1 aliphatic rings. The van der Waals surface area contributed by atoms with Gasteiger partial charge in [0.25, 0.3) is 0 Å². The molecule has 0 saturated carbocycles. The summed E-state index contributed by atoms with van der Waals surface area (Å²) in [6.45, 7) is 3.17. The quantitative estimate of drug-likeness (QED) is 0.596. The van der Waals surface area contributed by atoms with E-state index < -0.39 is 6.04 Å². The van der Waals surface area contributed by atoms with Gasteiger partial charge in [-0.15, -0.1) is 10.2 Å². The van der Waals surface area contributed by atoms with Crippen molar-refractivity contribution >= 4 is 40.1 Å². The van der Waals surface area contributed by atoms with Crippen LogP contribution in [0.4, 0.5) is 5.13 Å². The third-order valence-corrected chi connectivity index (χ3v) is 6.09. The molecule has 2 aromatic rings. The standard InChI is InChI=1S/C17H20N4O3S2/c1-3-18-16-19-20-17(26-16)25-10-14(22)21-9-12-7-5-4-6-11(12)8-13(21)15(23)24-2/h4-7,13H,3,8-10H2,1-2H3,(H,18,19)/t13-/m1/s1. The molecule has 1 aromatic carbocycles. The SMILES string of the molecule is CCNc1nnc(SCC(=O)N2Cc3ccccc3C[C@@H]2C(=O)OC)s1. The van der Waals surface area contributed by atoms with Crippen molar-refractivity contribution in [2.45, 2.75) is 30.3 Å². The van der Waals surface area contributed by atoms with Crippen LogP contribution in [0.2, 0.25) is 0 Å².